The molecule has 1 aromatic rings. The second-order valence-corrected chi connectivity index (χ2v) is 2.90. The van der Waals surface area contributed by atoms with Crippen LogP contribution in [0.2, 0.25) is 0 Å². The number of hydrogen-bond acceptors (Lipinski definition) is 1. The molecule has 0 fully saturated rings. The zero-order chi connectivity index (χ0) is 9.52. The van der Waals surface area contributed by atoms with E-state index in [1.165, 1.54) is 6.42 Å². The first-order chi connectivity index (χ1) is 6.34. The largest absolute Gasteiger partial charge is 0.285 e. The Bertz CT molecular complexity index is 320. The van der Waals surface area contributed by atoms with Crippen LogP contribution in [0, 0.1) is 11.8 Å². The van der Waals surface area contributed by atoms with Crippen LogP contribution in [0.1, 0.15) is 31.9 Å². The van der Waals surface area contributed by atoms with Crippen LogP contribution >= 0.6 is 0 Å². The van der Waals surface area contributed by atoms with E-state index in [1.54, 1.807) is 10.9 Å². The summed E-state index contributed by atoms with van der Waals surface area (Å²) in [6.07, 6.45) is 5.09. The third kappa shape index (κ3) is 3.16. The van der Waals surface area contributed by atoms with Crippen LogP contribution in [-0.2, 0) is 0 Å². The molecule has 0 aliphatic rings. The average molecular weight is 175 g/mol. The molecule has 1 heterocycles. The van der Waals surface area contributed by atoms with Gasteiger partial charge in [0.1, 0.15) is 0 Å². The zero-order valence-corrected chi connectivity index (χ0v) is 7.96. The third-order valence-electron chi connectivity index (χ3n) is 1.76. The monoisotopic (exact) mass is 175 g/mol. The maximum absolute atomic E-state index is 5.65. The van der Waals surface area contributed by atoms with Gasteiger partial charge in [0.25, 0.3) is 5.69 Å². The second kappa shape index (κ2) is 5.21. The topological polar surface area (TPSA) is 29.9 Å². The molecule has 0 saturated heterocycles. The van der Waals surface area contributed by atoms with Crippen molar-refractivity contribution in [2.75, 3.05) is 5.84 Å². The quantitative estimate of drug-likeness (QED) is 0.311. The van der Waals surface area contributed by atoms with Gasteiger partial charge in [-0.15, -0.1) is 0 Å². The highest BCUT2D eigenvalue weighted by Gasteiger charge is 1.99. The van der Waals surface area contributed by atoms with Crippen molar-refractivity contribution in [3.63, 3.8) is 0 Å². The molecule has 68 valence electrons. The van der Waals surface area contributed by atoms with Crippen molar-refractivity contribution in [1.29, 1.82) is 0 Å². The molecule has 0 atom stereocenters. The van der Waals surface area contributed by atoms with Crippen LogP contribution in [0.5, 0.6) is 0 Å². The Morgan fingerprint density at radius 3 is 3.00 bits per heavy atom. The highest BCUT2D eigenvalue weighted by atomic mass is 15.3. The molecule has 0 radical (unpaired) electrons. The van der Waals surface area contributed by atoms with Crippen molar-refractivity contribution in [1.82, 2.24) is 0 Å². The SMILES string of the molecule is CCCCC#Cc1cccc[n+]1N. The first kappa shape index (κ1) is 9.60. The Morgan fingerprint density at radius 1 is 1.46 bits per heavy atom. The van der Waals surface area contributed by atoms with Crippen molar-refractivity contribution >= 4 is 0 Å². The fourth-order valence-corrected chi connectivity index (χ4v) is 0.980. The smallest absolute Gasteiger partial charge is 0.204 e. The minimum absolute atomic E-state index is 0.860. The molecule has 0 amide bonds. The molecule has 2 nitrogen and oxygen atoms in total. The van der Waals surface area contributed by atoms with E-state index in [4.69, 9.17) is 5.84 Å². The molecule has 0 aromatic carbocycles. The third-order valence-corrected chi connectivity index (χ3v) is 1.76. The van der Waals surface area contributed by atoms with E-state index in [9.17, 15) is 0 Å². The summed E-state index contributed by atoms with van der Waals surface area (Å²) in [5.41, 5.74) is 0.860. The van der Waals surface area contributed by atoms with Crippen LogP contribution in [0.15, 0.2) is 24.4 Å². The molecule has 0 aliphatic carbocycles. The van der Waals surface area contributed by atoms with E-state index >= 15 is 0 Å². The molecule has 0 unspecified atom stereocenters. The van der Waals surface area contributed by atoms with Gasteiger partial charge in [-0.1, -0.05) is 23.9 Å². The van der Waals surface area contributed by atoms with Crippen LogP contribution < -0.4 is 10.5 Å². The van der Waals surface area contributed by atoms with E-state index < -0.39 is 0 Å². The van der Waals surface area contributed by atoms with Gasteiger partial charge < -0.3 is 0 Å². The van der Waals surface area contributed by atoms with Crippen molar-refractivity contribution < 1.29 is 4.68 Å². The lowest BCUT2D eigenvalue weighted by molar-refractivity contribution is -0.641. The molecular weight excluding hydrogens is 160 g/mol. The van der Waals surface area contributed by atoms with E-state index in [0.717, 1.165) is 18.5 Å². The van der Waals surface area contributed by atoms with E-state index in [2.05, 4.69) is 18.8 Å². The molecule has 1 aromatic heterocycles. The Morgan fingerprint density at radius 2 is 2.31 bits per heavy atom. The minimum Gasteiger partial charge on any atom is -0.204 e. The fraction of sp³-hybridized carbons (Fsp3) is 0.364. The lowest BCUT2D eigenvalue weighted by Gasteiger charge is -1.87. The maximum Gasteiger partial charge on any atom is 0.285 e. The lowest BCUT2D eigenvalue weighted by Crippen LogP contribution is -2.46. The van der Waals surface area contributed by atoms with E-state index in [1.807, 2.05) is 18.2 Å². The van der Waals surface area contributed by atoms with E-state index in [-0.39, 0.29) is 0 Å². The first-order valence-corrected chi connectivity index (χ1v) is 4.59. The van der Waals surface area contributed by atoms with Gasteiger partial charge >= 0.3 is 0 Å². The maximum atomic E-state index is 5.65. The predicted molar refractivity (Wildman–Crippen MR) is 53.2 cm³/mol. The normalized spacial score (nSPS) is 9.00. The summed E-state index contributed by atoms with van der Waals surface area (Å²) in [6, 6.07) is 5.74. The summed E-state index contributed by atoms with van der Waals surface area (Å²) >= 11 is 0. The van der Waals surface area contributed by atoms with Gasteiger partial charge in [-0.2, -0.15) is 0 Å². The van der Waals surface area contributed by atoms with Crippen LogP contribution in [0.4, 0.5) is 0 Å². The van der Waals surface area contributed by atoms with Gasteiger partial charge in [-0.05, 0) is 12.5 Å². The summed E-state index contributed by atoms with van der Waals surface area (Å²) < 4.78 is 1.54. The summed E-state index contributed by atoms with van der Waals surface area (Å²) in [5.74, 6) is 11.8. The van der Waals surface area contributed by atoms with Crippen LogP contribution in [-0.4, -0.2) is 0 Å². The molecule has 1 rings (SSSR count). The Balaban J connectivity index is 2.61. The van der Waals surface area contributed by atoms with Crippen LogP contribution in [0.3, 0.4) is 0 Å². The fourth-order valence-electron chi connectivity index (χ4n) is 0.980. The highest BCUT2D eigenvalue weighted by molar-refractivity contribution is 5.22. The van der Waals surface area contributed by atoms with Gasteiger partial charge in [0.15, 0.2) is 0 Å². The van der Waals surface area contributed by atoms with Gasteiger partial charge in [0.05, 0.1) is 0 Å². The number of hydrogen-bond donors (Lipinski definition) is 1. The van der Waals surface area contributed by atoms with E-state index in [0.29, 0.717) is 0 Å². The van der Waals surface area contributed by atoms with Crippen LogP contribution in [0.25, 0.3) is 0 Å². The summed E-state index contributed by atoms with van der Waals surface area (Å²) in [7, 11) is 0. The number of nitrogens with zero attached hydrogens (tertiary/aromatic N) is 1. The van der Waals surface area contributed by atoms with Gasteiger partial charge in [-0.25, -0.2) is 5.84 Å². The number of unbranched alkanes of at least 4 members (excludes halogenated alkanes) is 2. The average Bonchev–Trinajstić information content (AvgIpc) is 2.15. The molecule has 0 saturated carbocycles. The molecule has 2 heteroatoms. The van der Waals surface area contributed by atoms with Crippen molar-refractivity contribution in [3.8, 4) is 11.8 Å². The summed E-state index contributed by atoms with van der Waals surface area (Å²) in [4.78, 5) is 0. The van der Waals surface area contributed by atoms with Gasteiger partial charge in [0, 0.05) is 24.5 Å². The minimum atomic E-state index is 0.860. The Kier molecular flexibility index (Phi) is 3.84. The molecule has 13 heavy (non-hydrogen) atoms. The first-order valence-electron chi connectivity index (χ1n) is 4.59. The highest BCUT2D eigenvalue weighted by Crippen LogP contribution is 1.92. The summed E-state index contributed by atoms with van der Waals surface area (Å²) in [5, 5.41) is 0. The lowest BCUT2D eigenvalue weighted by atomic mass is 10.2. The summed E-state index contributed by atoms with van der Waals surface area (Å²) in [6.45, 7) is 2.16. The Hall–Kier alpha value is -1.49. The molecule has 0 bridgehead atoms. The van der Waals surface area contributed by atoms with Gasteiger partial charge in [0.2, 0.25) is 6.20 Å². The number of nitrogens with two attached hydrogens (primary N) is 1. The number of nitrogen functional groups attached to an aromatic ring is 1. The molecular formula is C11H15N2+. The number of aromatic nitrogens is 1. The molecule has 0 spiro atoms. The second-order valence-electron chi connectivity index (χ2n) is 2.90. The zero-order valence-electron chi connectivity index (χ0n) is 7.96. The number of pyridine rings is 1. The van der Waals surface area contributed by atoms with Crippen molar-refractivity contribution in [3.05, 3.63) is 30.1 Å². The van der Waals surface area contributed by atoms with Crippen molar-refractivity contribution in [2.24, 2.45) is 0 Å². The molecule has 0 aliphatic heterocycles. The van der Waals surface area contributed by atoms with Gasteiger partial charge in [-0.3, -0.25) is 0 Å². The Labute approximate surface area is 79.4 Å². The predicted octanol–water partition coefficient (Wildman–Crippen LogP) is 1.23. The molecule has 2 N–H and O–H groups in total. The standard InChI is InChI=1S/C11H15N2/c1-2-3-4-5-8-11-9-6-7-10-13(11)12/h6-7,9-10H,2-4,12H2,1H3/q+1. The van der Waals surface area contributed by atoms with Crippen molar-refractivity contribution in [2.45, 2.75) is 26.2 Å². The number of rotatable bonds is 2.